The molecule has 2 N–H and O–H groups in total. The molecule has 0 aromatic heterocycles. The van der Waals surface area contributed by atoms with Gasteiger partial charge in [-0.3, -0.25) is 10.7 Å². The van der Waals surface area contributed by atoms with Crippen LogP contribution < -0.4 is 5.32 Å². The molecule has 5 nitrogen and oxygen atoms in total. The van der Waals surface area contributed by atoms with Crippen LogP contribution in [-0.4, -0.2) is 35.0 Å². The maximum absolute atomic E-state index is 12.1. The monoisotopic (exact) mass is 259 g/mol. The minimum absolute atomic E-state index is 0.150. The van der Waals surface area contributed by atoms with Crippen LogP contribution in [0.4, 0.5) is 4.79 Å². The Balaban J connectivity index is 1.94. The lowest BCUT2D eigenvalue weighted by molar-refractivity contribution is 0.0677. The van der Waals surface area contributed by atoms with Gasteiger partial charge in [0.25, 0.3) is 0 Å². The van der Waals surface area contributed by atoms with E-state index in [0.717, 1.165) is 5.56 Å². The van der Waals surface area contributed by atoms with Crippen molar-refractivity contribution in [2.75, 3.05) is 6.61 Å². The molecule has 1 aromatic rings. The molecule has 2 aliphatic heterocycles. The summed E-state index contributed by atoms with van der Waals surface area (Å²) in [5.41, 5.74) is 0.443. The third-order valence-electron chi connectivity index (χ3n) is 4.10. The van der Waals surface area contributed by atoms with Crippen molar-refractivity contribution in [1.29, 1.82) is 5.41 Å². The number of rotatable bonds is 2. The smallest absolute Gasteiger partial charge is 0.324 e. The number of nitrogens with one attached hydrogen (secondary N) is 2. The molecule has 0 aliphatic carbocycles. The molecule has 2 saturated heterocycles. The molecule has 5 heteroatoms. The second kappa shape index (κ2) is 4.35. The molecule has 1 spiro atoms. The highest BCUT2D eigenvalue weighted by atomic mass is 16.5. The Labute approximate surface area is 112 Å². The normalized spacial score (nSPS) is 30.2. The molecule has 0 saturated carbocycles. The molecule has 19 heavy (non-hydrogen) atoms. The molecule has 2 unspecified atom stereocenters. The van der Waals surface area contributed by atoms with E-state index >= 15 is 0 Å². The van der Waals surface area contributed by atoms with Gasteiger partial charge in [-0.05, 0) is 12.5 Å². The van der Waals surface area contributed by atoms with Gasteiger partial charge in [-0.25, -0.2) is 4.79 Å². The van der Waals surface area contributed by atoms with Crippen LogP contribution in [0.2, 0.25) is 0 Å². The minimum Gasteiger partial charge on any atom is -0.375 e. The largest absolute Gasteiger partial charge is 0.375 e. The van der Waals surface area contributed by atoms with Crippen molar-refractivity contribution in [3.8, 4) is 0 Å². The summed E-state index contributed by atoms with van der Waals surface area (Å²) in [5.74, 6) is 0.262. The van der Waals surface area contributed by atoms with E-state index < -0.39 is 5.54 Å². The van der Waals surface area contributed by atoms with E-state index in [1.54, 1.807) is 4.90 Å². The predicted octanol–water partition coefficient (Wildman–Crippen LogP) is 1.74. The fourth-order valence-electron chi connectivity index (χ4n) is 2.99. The highest BCUT2D eigenvalue weighted by Gasteiger charge is 2.56. The molecule has 2 atom stereocenters. The average Bonchev–Trinajstić information content (AvgIpc) is 2.89. The summed E-state index contributed by atoms with van der Waals surface area (Å²) in [5, 5.41) is 10.7. The number of amides is 2. The highest BCUT2D eigenvalue weighted by Crippen LogP contribution is 2.37. The van der Waals surface area contributed by atoms with E-state index in [2.05, 4.69) is 5.32 Å². The molecule has 2 heterocycles. The summed E-state index contributed by atoms with van der Waals surface area (Å²) >= 11 is 0. The van der Waals surface area contributed by atoms with Gasteiger partial charge in [0.05, 0.1) is 6.10 Å². The van der Waals surface area contributed by atoms with Crippen LogP contribution in [0, 0.1) is 5.41 Å². The third kappa shape index (κ3) is 1.73. The number of carbonyl (C=O) groups is 1. The Morgan fingerprint density at radius 2 is 2.21 bits per heavy atom. The molecule has 3 rings (SSSR count). The van der Waals surface area contributed by atoms with Crippen LogP contribution in [0.3, 0.4) is 0 Å². The second-order valence-electron chi connectivity index (χ2n) is 5.06. The molecule has 2 fully saturated rings. The number of amidine groups is 1. The third-order valence-corrected chi connectivity index (χ3v) is 4.10. The minimum atomic E-state index is -0.618. The summed E-state index contributed by atoms with van der Waals surface area (Å²) in [6.45, 7) is 3.02. The zero-order valence-electron chi connectivity index (χ0n) is 10.8. The van der Waals surface area contributed by atoms with Gasteiger partial charge in [0.1, 0.15) is 11.4 Å². The average molecular weight is 259 g/mol. The van der Waals surface area contributed by atoms with Gasteiger partial charge in [-0.1, -0.05) is 30.3 Å². The van der Waals surface area contributed by atoms with Gasteiger partial charge in [0.15, 0.2) is 0 Å². The van der Waals surface area contributed by atoms with Gasteiger partial charge in [-0.15, -0.1) is 0 Å². The molecular formula is C14H17N3O2. The SMILES string of the molecule is CC1OCCC12C(=N)NC(=O)N2Cc1ccccc1. The number of hydrogen-bond acceptors (Lipinski definition) is 3. The van der Waals surface area contributed by atoms with E-state index in [1.807, 2.05) is 37.3 Å². The van der Waals surface area contributed by atoms with Crippen LogP contribution in [0.1, 0.15) is 18.9 Å². The fraction of sp³-hybridized carbons (Fsp3) is 0.429. The van der Waals surface area contributed by atoms with E-state index in [9.17, 15) is 4.79 Å². The molecule has 0 bridgehead atoms. The molecule has 100 valence electrons. The van der Waals surface area contributed by atoms with Crippen LogP contribution in [0.15, 0.2) is 30.3 Å². The summed E-state index contributed by atoms with van der Waals surface area (Å²) in [6, 6.07) is 9.64. The molecule has 2 amide bonds. The topological polar surface area (TPSA) is 65.4 Å². The number of nitrogens with zero attached hydrogens (tertiary/aromatic N) is 1. The first-order chi connectivity index (χ1) is 9.14. The maximum atomic E-state index is 12.1. The molecule has 1 aromatic carbocycles. The van der Waals surface area contributed by atoms with Gasteiger partial charge < -0.3 is 9.64 Å². The highest BCUT2D eigenvalue weighted by molar-refractivity contribution is 6.09. The fourth-order valence-corrected chi connectivity index (χ4v) is 2.99. The van der Waals surface area contributed by atoms with Crippen LogP contribution in [-0.2, 0) is 11.3 Å². The molecular weight excluding hydrogens is 242 g/mol. The van der Waals surface area contributed by atoms with E-state index in [1.165, 1.54) is 0 Å². The Kier molecular flexibility index (Phi) is 2.78. The Bertz CT molecular complexity index is 517. The summed E-state index contributed by atoms with van der Waals surface area (Å²) in [6.07, 6.45) is 0.529. The number of ether oxygens (including phenoxy) is 1. The maximum Gasteiger partial charge on any atom is 0.324 e. The van der Waals surface area contributed by atoms with E-state index in [-0.39, 0.29) is 18.0 Å². The number of hydrogen-bond donors (Lipinski definition) is 2. The number of urea groups is 1. The number of benzene rings is 1. The van der Waals surface area contributed by atoms with Gasteiger partial charge in [0.2, 0.25) is 0 Å². The van der Waals surface area contributed by atoms with Crippen LogP contribution in [0.5, 0.6) is 0 Å². The van der Waals surface area contributed by atoms with Crippen molar-refractivity contribution in [2.45, 2.75) is 31.5 Å². The van der Waals surface area contributed by atoms with Crippen molar-refractivity contribution in [3.63, 3.8) is 0 Å². The lowest BCUT2D eigenvalue weighted by atomic mass is 9.89. The Hall–Kier alpha value is -1.88. The lowest BCUT2D eigenvalue weighted by Gasteiger charge is -2.35. The van der Waals surface area contributed by atoms with E-state index in [0.29, 0.717) is 19.6 Å². The van der Waals surface area contributed by atoms with Crippen LogP contribution >= 0.6 is 0 Å². The van der Waals surface area contributed by atoms with Crippen molar-refractivity contribution >= 4 is 11.9 Å². The zero-order chi connectivity index (χ0) is 13.5. The first kappa shape index (κ1) is 12.2. The lowest BCUT2D eigenvalue weighted by Crippen LogP contribution is -2.53. The summed E-state index contributed by atoms with van der Waals surface area (Å²) in [7, 11) is 0. The van der Waals surface area contributed by atoms with Crippen molar-refractivity contribution in [2.24, 2.45) is 0 Å². The van der Waals surface area contributed by atoms with Gasteiger partial charge in [0, 0.05) is 19.6 Å². The predicted molar refractivity (Wildman–Crippen MR) is 71.0 cm³/mol. The molecule has 2 aliphatic rings. The first-order valence-corrected chi connectivity index (χ1v) is 6.48. The zero-order valence-corrected chi connectivity index (χ0v) is 10.8. The van der Waals surface area contributed by atoms with Crippen molar-refractivity contribution < 1.29 is 9.53 Å². The van der Waals surface area contributed by atoms with E-state index in [4.69, 9.17) is 10.1 Å². The second-order valence-corrected chi connectivity index (χ2v) is 5.06. The van der Waals surface area contributed by atoms with Crippen LogP contribution in [0.25, 0.3) is 0 Å². The Morgan fingerprint density at radius 3 is 2.84 bits per heavy atom. The summed E-state index contributed by atoms with van der Waals surface area (Å²) < 4.78 is 5.60. The summed E-state index contributed by atoms with van der Waals surface area (Å²) in [4.78, 5) is 13.9. The van der Waals surface area contributed by atoms with Gasteiger partial charge >= 0.3 is 6.03 Å². The molecule has 0 radical (unpaired) electrons. The standard InChI is InChI=1S/C14H17N3O2/c1-10-14(7-8-19-10)12(15)16-13(18)17(14)9-11-5-3-2-4-6-11/h2-6,10H,7-9H2,1H3,(H2,15,16,18). The Morgan fingerprint density at radius 1 is 1.47 bits per heavy atom. The number of carbonyl (C=O) groups excluding carboxylic acids is 1. The first-order valence-electron chi connectivity index (χ1n) is 6.48. The van der Waals surface area contributed by atoms with Gasteiger partial charge in [-0.2, -0.15) is 0 Å². The van der Waals surface area contributed by atoms with Crippen molar-refractivity contribution in [1.82, 2.24) is 10.2 Å². The quantitative estimate of drug-likeness (QED) is 0.849. The van der Waals surface area contributed by atoms with Crippen molar-refractivity contribution in [3.05, 3.63) is 35.9 Å².